The summed E-state index contributed by atoms with van der Waals surface area (Å²) in [5.41, 5.74) is -0.0316. The van der Waals surface area contributed by atoms with Gasteiger partial charge in [-0.1, -0.05) is 18.8 Å². The SMILES string of the molecule is [B]Cc1ccc(C(=O)OC(CS(=O)(=O)O)C(F)(F)F)cc1OC(=O)C1CC2CCC1C2. The second kappa shape index (κ2) is 8.81. The molecule has 2 radical (unpaired) electrons. The first kappa shape index (κ1) is 23.6. The van der Waals surface area contributed by atoms with Gasteiger partial charge in [-0.2, -0.15) is 21.6 Å². The maximum atomic E-state index is 13.0. The van der Waals surface area contributed by atoms with Gasteiger partial charge in [-0.15, -0.1) is 0 Å². The highest BCUT2D eigenvalue weighted by molar-refractivity contribution is 7.85. The average Bonchev–Trinajstić information content (AvgIpc) is 3.29. The fraction of sp³-hybridized carbons (Fsp3) is 0.579. The Morgan fingerprint density at radius 3 is 2.45 bits per heavy atom. The molecule has 0 aliphatic heterocycles. The lowest BCUT2D eigenvalue weighted by atomic mass is 9.89. The molecule has 4 atom stereocenters. The topological polar surface area (TPSA) is 107 Å². The molecule has 2 aliphatic rings. The molecule has 1 aromatic rings. The zero-order valence-corrected chi connectivity index (χ0v) is 17.1. The quantitative estimate of drug-likeness (QED) is 0.289. The van der Waals surface area contributed by atoms with E-state index in [0.717, 1.165) is 31.4 Å². The first-order chi connectivity index (χ1) is 14.4. The molecule has 0 spiro atoms. The molecule has 2 bridgehead atoms. The van der Waals surface area contributed by atoms with Gasteiger partial charge in [-0.3, -0.25) is 9.35 Å². The molecule has 168 valence electrons. The van der Waals surface area contributed by atoms with Crippen LogP contribution in [0.3, 0.4) is 0 Å². The summed E-state index contributed by atoms with van der Waals surface area (Å²) in [6, 6.07) is 3.47. The third kappa shape index (κ3) is 5.79. The zero-order chi connectivity index (χ0) is 23.0. The van der Waals surface area contributed by atoms with Crippen LogP contribution in [-0.4, -0.2) is 50.8 Å². The van der Waals surface area contributed by atoms with Gasteiger partial charge in [0.2, 0.25) is 6.10 Å². The van der Waals surface area contributed by atoms with E-state index >= 15 is 0 Å². The van der Waals surface area contributed by atoms with E-state index in [1.54, 1.807) is 0 Å². The van der Waals surface area contributed by atoms with Gasteiger partial charge in [0.1, 0.15) is 11.5 Å². The number of ether oxygens (including phenoxy) is 2. The predicted molar refractivity (Wildman–Crippen MR) is 102 cm³/mol. The van der Waals surface area contributed by atoms with Gasteiger partial charge in [-0.25, -0.2) is 4.79 Å². The lowest BCUT2D eigenvalue weighted by molar-refractivity contribution is -0.197. The Morgan fingerprint density at radius 1 is 1.23 bits per heavy atom. The van der Waals surface area contributed by atoms with E-state index in [4.69, 9.17) is 17.1 Å². The fourth-order valence-electron chi connectivity index (χ4n) is 4.25. The highest BCUT2D eigenvalue weighted by Gasteiger charge is 2.46. The molecule has 0 heterocycles. The molecule has 0 saturated heterocycles. The predicted octanol–water partition coefficient (Wildman–Crippen LogP) is 2.67. The number of hydrogen-bond acceptors (Lipinski definition) is 6. The molecule has 3 rings (SSSR count). The summed E-state index contributed by atoms with van der Waals surface area (Å²) in [6.45, 7) is 0. The Labute approximate surface area is 178 Å². The van der Waals surface area contributed by atoms with Gasteiger partial charge in [0.25, 0.3) is 10.1 Å². The van der Waals surface area contributed by atoms with Crippen molar-refractivity contribution in [2.75, 3.05) is 5.75 Å². The standard InChI is InChI=1S/C19H20BF3O7S/c20-8-13-4-3-12(17(24)30-16(19(21,22)23)9-31(26,27)28)7-15(13)29-18(25)14-6-10-1-2-11(14)5-10/h3-4,7,10-11,14,16H,1-2,5-6,8-9H2,(H,26,27,28). The number of fused-ring (bicyclic) bond motifs is 2. The van der Waals surface area contributed by atoms with E-state index in [9.17, 15) is 31.2 Å². The molecule has 1 N–H and O–H groups in total. The lowest BCUT2D eigenvalue weighted by Crippen LogP contribution is -2.39. The highest BCUT2D eigenvalue weighted by atomic mass is 32.2. The highest BCUT2D eigenvalue weighted by Crippen LogP contribution is 2.48. The Morgan fingerprint density at radius 2 is 1.94 bits per heavy atom. The van der Waals surface area contributed by atoms with Gasteiger partial charge in [0, 0.05) is 0 Å². The normalized spacial score (nSPS) is 24.1. The first-order valence-electron chi connectivity index (χ1n) is 9.65. The molecule has 1 aromatic carbocycles. The van der Waals surface area contributed by atoms with Crippen molar-refractivity contribution in [1.82, 2.24) is 0 Å². The number of rotatable bonds is 7. The monoisotopic (exact) mass is 460 g/mol. The van der Waals surface area contributed by atoms with Crippen LogP contribution in [0.1, 0.15) is 41.6 Å². The van der Waals surface area contributed by atoms with Gasteiger partial charge in [-0.05, 0) is 48.8 Å². The largest absolute Gasteiger partial charge is 0.448 e. The van der Waals surface area contributed by atoms with Crippen LogP contribution in [0.25, 0.3) is 0 Å². The maximum Gasteiger partial charge on any atom is 0.426 e. The van der Waals surface area contributed by atoms with Crippen molar-refractivity contribution >= 4 is 29.9 Å². The summed E-state index contributed by atoms with van der Waals surface area (Å²) in [7, 11) is 0.557. The molecule has 7 nitrogen and oxygen atoms in total. The number of alkyl halides is 3. The van der Waals surface area contributed by atoms with Crippen LogP contribution >= 0.6 is 0 Å². The second-order valence-electron chi connectivity index (χ2n) is 7.91. The van der Waals surface area contributed by atoms with Gasteiger partial charge < -0.3 is 9.47 Å². The summed E-state index contributed by atoms with van der Waals surface area (Å²) in [5, 5.41) is 0. The molecule has 0 aromatic heterocycles. The summed E-state index contributed by atoms with van der Waals surface area (Å²) in [5.74, 6) is -3.43. The van der Waals surface area contributed by atoms with Crippen LogP contribution < -0.4 is 4.74 Å². The van der Waals surface area contributed by atoms with Crippen molar-refractivity contribution in [2.24, 2.45) is 17.8 Å². The number of halogens is 3. The van der Waals surface area contributed by atoms with Gasteiger partial charge >= 0.3 is 18.1 Å². The lowest BCUT2D eigenvalue weighted by Gasteiger charge is -2.21. The Bertz CT molecular complexity index is 964. The molecule has 0 amide bonds. The third-order valence-corrected chi connectivity index (χ3v) is 6.47. The van der Waals surface area contributed by atoms with Crippen LogP contribution in [0.4, 0.5) is 13.2 Å². The van der Waals surface area contributed by atoms with Crippen LogP contribution in [-0.2, 0) is 26.0 Å². The summed E-state index contributed by atoms with van der Waals surface area (Å²) >= 11 is 0. The number of esters is 2. The van der Waals surface area contributed by atoms with E-state index in [2.05, 4.69) is 4.74 Å². The molecule has 2 saturated carbocycles. The van der Waals surface area contributed by atoms with E-state index in [0.29, 0.717) is 17.9 Å². The molecule has 4 unspecified atom stereocenters. The Hall–Kier alpha value is -2.08. The van der Waals surface area contributed by atoms with Crippen LogP contribution in [0.5, 0.6) is 5.75 Å². The van der Waals surface area contributed by atoms with Crippen LogP contribution in [0.15, 0.2) is 18.2 Å². The average molecular weight is 460 g/mol. The van der Waals surface area contributed by atoms with Crippen molar-refractivity contribution in [3.63, 3.8) is 0 Å². The van der Waals surface area contributed by atoms with E-state index in [-0.39, 0.29) is 23.9 Å². The number of hydrogen-bond donors (Lipinski definition) is 1. The summed E-state index contributed by atoms with van der Waals surface area (Å²) < 4.78 is 79.1. The van der Waals surface area contributed by atoms with Crippen molar-refractivity contribution in [3.05, 3.63) is 29.3 Å². The number of benzene rings is 1. The van der Waals surface area contributed by atoms with Crippen molar-refractivity contribution in [1.29, 1.82) is 0 Å². The smallest absolute Gasteiger partial charge is 0.426 e. The molecular formula is C19H20BF3O7S. The van der Waals surface area contributed by atoms with Gasteiger partial charge in [0.05, 0.1) is 19.3 Å². The molecule has 12 heteroatoms. The van der Waals surface area contributed by atoms with Crippen molar-refractivity contribution in [3.8, 4) is 5.75 Å². The fourth-order valence-corrected chi connectivity index (χ4v) is 4.89. The molecule has 31 heavy (non-hydrogen) atoms. The maximum absolute atomic E-state index is 13.0. The Balaban J connectivity index is 1.77. The molecular weight excluding hydrogens is 440 g/mol. The van der Waals surface area contributed by atoms with Crippen molar-refractivity contribution < 1.29 is 45.2 Å². The van der Waals surface area contributed by atoms with E-state index in [1.807, 2.05) is 0 Å². The minimum Gasteiger partial charge on any atom is -0.448 e. The Kier molecular flexibility index (Phi) is 6.71. The summed E-state index contributed by atoms with van der Waals surface area (Å²) in [4.78, 5) is 24.8. The van der Waals surface area contributed by atoms with E-state index in [1.165, 1.54) is 6.07 Å². The van der Waals surface area contributed by atoms with E-state index < -0.39 is 45.7 Å². The molecule has 2 aliphatic carbocycles. The molecule has 2 fully saturated rings. The third-order valence-electron chi connectivity index (χ3n) is 5.75. The van der Waals surface area contributed by atoms with Gasteiger partial charge in [0.15, 0.2) is 0 Å². The summed E-state index contributed by atoms with van der Waals surface area (Å²) in [6.07, 6.45) is -4.65. The van der Waals surface area contributed by atoms with Crippen molar-refractivity contribution in [2.45, 2.75) is 44.3 Å². The van der Waals surface area contributed by atoms with Crippen LogP contribution in [0.2, 0.25) is 0 Å². The minimum absolute atomic E-state index is 0.0530. The number of carbonyl (C=O) groups is 2. The second-order valence-corrected chi connectivity index (χ2v) is 9.41. The minimum atomic E-state index is -5.22. The zero-order valence-electron chi connectivity index (χ0n) is 16.3. The van der Waals surface area contributed by atoms with Crippen LogP contribution in [0, 0.1) is 17.8 Å². The first-order valence-corrected chi connectivity index (χ1v) is 11.3. The number of carbonyl (C=O) groups excluding carboxylic acids is 2.